The van der Waals surface area contributed by atoms with E-state index in [0.29, 0.717) is 11.3 Å². The van der Waals surface area contributed by atoms with Gasteiger partial charge in [-0.05, 0) is 44.5 Å². The highest BCUT2D eigenvalue weighted by Crippen LogP contribution is 2.29. The molecule has 11 heteroatoms. The van der Waals surface area contributed by atoms with Gasteiger partial charge in [-0.25, -0.2) is 14.2 Å². The number of ether oxygens (including phenoxy) is 5. The largest absolute Gasteiger partial charge is 0.493 e. The molecule has 1 aromatic heterocycles. The average molecular weight is 478 g/mol. The predicted octanol–water partition coefficient (Wildman–Crippen LogP) is 2.57. The van der Waals surface area contributed by atoms with E-state index in [2.05, 4.69) is 10.3 Å². The van der Waals surface area contributed by atoms with E-state index in [0.717, 1.165) is 0 Å². The molecule has 2 aromatic rings. The first-order valence-electron chi connectivity index (χ1n) is 10.3. The standard InChI is InChI=1S/C23H27FN2O8/c1-13-10-17(24)6-7-18(13)34-14(2)11-31-23(29)15(3)26-22(28)20-21(33-12-32-16(4)27)19(30-5)8-9-25-20/h6-10,14-15H,11-12H2,1-5H3,(H,26,28)/t14-,15-/m0/s1. The van der Waals surface area contributed by atoms with E-state index in [-0.39, 0.29) is 29.6 Å². The molecule has 0 saturated heterocycles. The van der Waals surface area contributed by atoms with Crippen LogP contribution in [-0.4, -0.2) is 55.5 Å². The van der Waals surface area contributed by atoms with Gasteiger partial charge in [-0.15, -0.1) is 0 Å². The van der Waals surface area contributed by atoms with Crippen LogP contribution in [0.15, 0.2) is 30.5 Å². The van der Waals surface area contributed by atoms with Crippen LogP contribution in [0.25, 0.3) is 0 Å². The van der Waals surface area contributed by atoms with Gasteiger partial charge in [0, 0.05) is 19.2 Å². The molecule has 0 radical (unpaired) electrons. The molecule has 0 saturated carbocycles. The maximum atomic E-state index is 13.2. The number of benzene rings is 1. The Labute approximate surface area is 196 Å². The number of aromatic nitrogens is 1. The van der Waals surface area contributed by atoms with Crippen molar-refractivity contribution in [2.45, 2.75) is 39.8 Å². The number of carbonyl (C=O) groups is 3. The number of aryl methyl sites for hydroxylation is 1. The lowest BCUT2D eigenvalue weighted by Crippen LogP contribution is -2.41. The molecule has 0 aliphatic heterocycles. The summed E-state index contributed by atoms with van der Waals surface area (Å²) in [4.78, 5) is 40.0. The summed E-state index contributed by atoms with van der Waals surface area (Å²) in [6.07, 6.45) is 0.809. The van der Waals surface area contributed by atoms with Gasteiger partial charge < -0.3 is 29.0 Å². The summed E-state index contributed by atoms with van der Waals surface area (Å²) in [5, 5.41) is 2.47. The molecule has 10 nitrogen and oxygen atoms in total. The maximum Gasteiger partial charge on any atom is 0.328 e. The number of pyridine rings is 1. The number of nitrogens with zero attached hydrogens (tertiary/aromatic N) is 1. The van der Waals surface area contributed by atoms with Gasteiger partial charge in [0.15, 0.2) is 17.2 Å². The molecule has 0 fully saturated rings. The van der Waals surface area contributed by atoms with E-state index < -0.39 is 36.8 Å². The van der Waals surface area contributed by atoms with Gasteiger partial charge in [0.05, 0.1) is 7.11 Å². The highest BCUT2D eigenvalue weighted by molar-refractivity contribution is 5.98. The molecule has 2 atom stereocenters. The van der Waals surface area contributed by atoms with Crippen LogP contribution >= 0.6 is 0 Å². The van der Waals surface area contributed by atoms with Crippen LogP contribution in [0.5, 0.6) is 17.2 Å². The number of esters is 2. The van der Waals surface area contributed by atoms with Crippen molar-refractivity contribution in [1.82, 2.24) is 10.3 Å². The lowest BCUT2D eigenvalue weighted by Gasteiger charge is -2.19. The van der Waals surface area contributed by atoms with Gasteiger partial charge in [0.2, 0.25) is 6.79 Å². The van der Waals surface area contributed by atoms with Crippen molar-refractivity contribution >= 4 is 17.8 Å². The van der Waals surface area contributed by atoms with Gasteiger partial charge in [0.25, 0.3) is 5.91 Å². The second-order valence-corrected chi connectivity index (χ2v) is 7.25. The highest BCUT2D eigenvalue weighted by Gasteiger charge is 2.24. The number of rotatable bonds is 11. The summed E-state index contributed by atoms with van der Waals surface area (Å²) in [5.41, 5.74) is 0.436. The zero-order chi connectivity index (χ0) is 25.3. The number of methoxy groups -OCH3 is 1. The SMILES string of the molecule is COc1ccnc(C(=O)N[C@@H](C)C(=O)OC[C@H](C)Oc2ccc(F)cc2C)c1OCOC(C)=O. The summed E-state index contributed by atoms with van der Waals surface area (Å²) in [7, 11) is 1.37. The summed E-state index contributed by atoms with van der Waals surface area (Å²) >= 11 is 0. The number of halogens is 1. The number of hydrogen-bond acceptors (Lipinski definition) is 9. The lowest BCUT2D eigenvalue weighted by atomic mass is 10.2. The molecule has 1 N–H and O–H groups in total. The van der Waals surface area contributed by atoms with Crippen molar-refractivity contribution in [1.29, 1.82) is 0 Å². The first kappa shape index (κ1) is 26.4. The van der Waals surface area contributed by atoms with E-state index in [4.69, 9.17) is 23.7 Å². The molecule has 1 amide bonds. The fourth-order valence-corrected chi connectivity index (χ4v) is 2.71. The van der Waals surface area contributed by atoms with E-state index in [1.807, 2.05) is 0 Å². The van der Waals surface area contributed by atoms with Gasteiger partial charge in [-0.1, -0.05) is 0 Å². The average Bonchev–Trinajstić information content (AvgIpc) is 2.78. The van der Waals surface area contributed by atoms with E-state index in [1.54, 1.807) is 13.8 Å². The van der Waals surface area contributed by atoms with Crippen LogP contribution in [0.2, 0.25) is 0 Å². The van der Waals surface area contributed by atoms with Gasteiger partial charge in [-0.3, -0.25) is 9.59 Å². The summed E-state index contributed by atoms with van der Waals surface area (Å²) in [5.74, 6) is -1.78. The Balaban J connectivity index is 1.95. The number of carbonyl (C=O) groups excluding carboxylic acids is 3. The van der Waals surface area contributed by atoms with E-state index >= 15 is 0 Å². The summed E-state index contributed by atoms with van der Waals surface area (Å²) in [6, 6.07) is 4.54. The minimum atomic E-state index is -1.03. The van der Waals surface area contributed by atoms with Crippen molar-refractivity contribution in [2.75, 3.05) is 20.5 Å². The smallest absolute Gasteiger partial charge is 0.328 e. The third-order valence-corrected chi connectivity index (χ3v) is 4.40. The van der Waals surface area contributed by atoms with Crippen molar-refractivity contribution < 1.29 is 42.5 Å². The second kappa shape index (κ2) is 12.4. The van der Waals surface area contributed by atoms with Gasteiger partial charge in [-0.2, -0.15) is 0 Å². The van der Waals surface area contributed by atoms with Gasteiger partial charge >= 0.3 is 11.9 Å². The summed E-state index contributed by atoms with van der Waals surface area (Å²) in [6.45, 7) is 5.48. The normalized spacial score (nSPS) is 12.2. The molecule has 1 heterocycles. The van der Waals surface area contributed by atoms with Crippen LogP contribution < -0.4 is 19.5 Å². The Morgan fingerprint density at radius 1 is 1.12 bits per heavy atom. The van der Waals surface area contributed by atoms with Crippen molar-refractivity contribution in [2.24, 2.45) is 0 Å². The van der Waals surface area contributed by atoms with Crippen molar-refractivity contribution in [3.05, 3.63) is 47.5 Å². The molecular weight excluding hydrogens is 451 g/mol. The zero-order valence-electron chi connectivity index (χ0n) is 19.5. The van der Waals surface area contributed by atoms with Crippen LogP contribution in [-0.2, 0) is 19.1 Å². The predicted molar refractivity (Wildman–Crippen MR) is 117 cm³/mol. The topological polar surface area (TPSA) is 122 Å². The van der Waals surface area contributed by atoms with Crippen LogP contribution in [0.1, 0.15) is 36.8 Å². The Morgan fingerprint density at radius 3 is 2.50 bits per heavy atom. The van der Waals surface area contributed by atoms with E-state index in [1.165, 1.54) is 51.4 Å². The quantitative estimate of drug-likeness (QED) is 0.383. The molecule has 1 aromatic carbocycles. The van der Waals surface area contributed by atoms with Crippen molar-refractivity contribution in [3.63, 3.8) is 0 Å². The first-order valence-corrected chi connectivity index (χ1v) is 10.3. The zero-order valence-corrected chi connectivity index (χ0v) is 19.5. The van der Waals surface area contributed by atoms with Crippen LogP contribution in [0.4, 0.5) is 4.39 Å². The second-order valence-electron chi connectivity index (χ2n) is 7.25. The lowest BCUT2D eigenvalue weighted by molar-refractivity contribution is -0.148. The summed E-state index contributed by atoms with van der Waals surface area (Å²) < 4.78 is 39.3. The monoisotopic (exact) mass is 478 g/mol. The molecule has 2 rings (SSSR count). The third kappa shape index (κ3) is 7.61. The molecule has 0 aliphatic rings. The Hall–Kier alpha value is -3.89. The Kier molecular flexibility index (Phi) is 9.60. The van der Waals surface area contributed by atoms with E-state index in [9.17, 15) is 18.8 Å². The molecular formula is C23H27FN2O8. The van der Waals surface area contributed by atoms with Gasteiger partial charge in [0.1, 0.15) is 30.3 Å². The molecule has 0 unspecified atom stereocenters. The molecule has 34 heavy (non-hydrogen) atoms. The fraction of sp³-hybridized carbons (Fsp3) is 0.391. The molecule has 0 aliphatic carbocycles. The molecule has 0 bridgehead atoms. The highest BCUT2D eigenvalue weighted by atomic mass is 19.1. The van der Waals surface area contributed by atoms with Crippen LogP contribution in [0.3, 0.4) is 0 Å². The number of nitrogens with one attached hydrogen (secondary N) is 1. The maximum absolute atomic E-state index is 13.2. The van der Waals surface area contributed by atoms with Crippen molar-refractivity contribution in [3.8, 4) is 17.2 Å². The Bertz CT molecular complexity index is 1030. The third-order valence-electron chi connectivity index (χ3n) is 4.40. The Morgan fingerprint density at radius 2 is 1.85 bits per heavy atom. The number of hydrogen-bond donors (Lipinski definition) is 1. The fourth-order valence-electron chi connectivity index (χ4n) is 2.71. The molecule has 184 valence electrons. The van der Waals surface area contributed by atoms with Crippen LogP contribution in [0, 0.1) is 12.7 Å². The minimum Gasteiger partial charge on any atom is -0.493 e. The minimum absolute atomic E-state index is 0.0546. The number of amides is 1. The first-order chi connectivity index (χ1) is 16.1. The molecule has 0 spiro atoms.